The molecular formula is C13H7Br2F2NO. The molecule has 98 valence electrons. The molecule has 0 spiro atoms. The van der Waals surface area contributed by atoms with Crippen molar-refractivity contribution in [2.75, 3.05) is 0 Å². The van der Waals surface area contributed by atoms with Gasteiger partial charge in [0.05, 0.1) is 4.47 Å². The van der Waals surface area contributed by atoms with Crippen LogP contribution in [0, 0.1) is 11.6 Å². The number of nitrogens with zero attached hydrogens (tertiary/aromatic N) is 1. The molecule has 1 aromatic heterocycles. The van der Waals surface area contributed by atoms with Crippen LogP contribution in [0.2, 0.25) is 0 Å². The van der Waals surface area contributed by atoms with Crippen LogP contribution in [0.3, 0.4) is 0 Å². The van der Waals surface area contributed by atoms with Crippen molar-refractivity contribution < 1.29 is 13.6 Å². The molecule has 1 aromatic carbocycles. The average Bonchev–Trinajstić information content (AvgIpc) is 2.39. The second-order valence-electron chi connectivity index (χ2n) is 3.81. The van der Waals surface area contributed by atoms with E-state index in [2.05, 4.69) is 36.8 Å². The summed E-state index contributed by atoms with van der Waals surface area (Å²) in [6.07, 6.45) is 2.53. The highest BCUT2D eigenvalue weighted by atomic mass is 79.9. The molecule has 19 heavy (non-hydrogen) atoms. The van der Waals surface area contributed by atoms with Gasteiger partial charge in [0.1, 0.15) is 11.6 Å². The molecule has 0 unspecified atom stereocenters. The minimum absolute atomic E-state index is 0.129. The van der Waals surface area contributed by atoms with Gasteiger partial charge in [0.2, 0.25) is 0 Å². The fourth-order valence-electron chi connectivity index (χ4n) is 1.56. The monoisotopic (exact) mass is 389 g/mol. The summed E-state index contributed by atoms with van der Waals surface area (Å²) in [6, 6.07) is 3.94. The molecule has 2 aromatic rings. The van der Waals surface area contributed by atoms with Gasteiger partial charge in [-0.2, -0.15) is 0 Å². The highest BCUT2D eigenvalue weighted by Gasteiger charge is 2.17. The van der Waals surface area contributed by atoms with E-state index in [9.17, 15) is 13.6 Å². The molecule has 0 radical (unpaired) electrons. The first-order chi connectivity index (χ1) is 8.99. The van der Waals surface area contributed by atoms with Crippen LogP contribution >= 0.6 is 31.9 Å². The number of benzene rings is 1. The lowest BCUT2D eigenvalue weighted by Gasteiger charge is -2.06. The van der Waals surface area contributed by atoms with Gasteiger partial charge in [0.25, 0.3) is 0 Å². The van der Waals surface area contributed by atoms with Crippen LogP contribution < -0.4 is 0 Å². The molecule has 0 fully saturated rings. The molecule has 0 saturated carbocycles. The minimum Gasteiger partial charge on any atom is -0.294 e. The molecule has 0 bridgehead atoms. The van der Waals surface area contributed by atoms with E-state index in [1.54, 1.807) is 6.07 Å². The maximum Gasteiger partial charge on any atom is 0.169 e. The van der Waals surface area contributed by atoms with Gasteiger partial charge in [-0.25, -0.2) is 8.78 Å². The third-order valence-corrected chi connectivity index (χ3v) is 3.55. The lowest BCUT2D eigenvalue weighted by Crippen LogP contribution is -2.08. The second-order valence-corrected chi connectivity index (χ2v) is 5.58. The number of halogens is 4. The molecule has 2 nitrogen and oxygen atoms in total. The highest BCUT2D eigenvalue weighted by Crippen LogP contribution is 2.23. The van der Waals surface area contributed by atoms with Crippen molar-refractivity contribution in [1.82, 2.24) is 4.98 Å². The van der Waals surface area contributed by atoms with Gasteiger partial charge in [-0.15, -0.1) is 0 Å². The quantitative estimate of drug-likeness (QED) is 0.577. The number of hydrogen-bond acceptors (Lipinski definition) is 2. The lowest BCUT2D eigenvalue weighted by atomic mass is 10.0. The zero-order valence-electron chi connectivity index (χ0n) is 9.46. The van der Waals surface area contributed by atoms with Gasteiger partial charge in [-0.05, 0) is 50.1 Å². The number of rotatable bonds is 3. The molecule has 2 rings (SSSR count). The fourth-order valence-corrected chi connectivity index (χ4v) is 2.29. The topological polar surface area (TPSA) is 30.0 Å². The predicted molar refractivity (Wildman–Crippen MR) is 74.0 cm³/mol. The Morgan fingerprint density at radius 2 is 1.95 bits per heavy atom. The van der Waals surface area contributed by atoms with Gasteiger partial charge in [0, 0.05) is 34.4 Å². The summed E-state index contributed by atoms with van der Waals surface area (Å²) in [6.45, 7) is 0. The third-order valence-electron chi connectivity index (χ3n) is 2.50. The van der Waals surface area contributed by atoms with Crippen LogP contribution in [-0.2, 0) is 6.42 Å². The van der Waals surface area contributed by atoms with E-state index in [1.165, 1.54) is 18.5 Å². The van der Waals surface area contributed by atoms with Crippen molar-refractivity contribution in [3.63, 3.8) is 0 Å². The largest absolute Gasteiger partial charge is 0.294 e. The number of carbonyl (C=O) groups excluding carboxylic acids is 1. The van der Waals surface area contributed by atoms with Crippen molar-refractivity contribution in [1.29, 1.82) is 0 Å². The molecule has 0 N–H and O–H groups in total. The molecule has 0 amide bonds. The number of ketones is 1. The minimum atomic E-state index is -0.753. The van der Waals surface area contributed by atoms with Crippen molar-refractivity contribution >= 4 is 37.6 Å². The molecule has 6 heteroatoms. The fraction of sp³-hybridized carbons (Fsp3) is 0.0769. The lowest BCUT2D eigenvalue weighted by molar-refractivity contribution is 0.0990. The number of Topliss-reactive ketones (excluding diaryl/α,β-unsaturated/α-hetero) is 1. The Hall–Kier alpha value is -1.14. The van der Waals surface area contributed by atoms with Crippen molar-refractivity contribution in [3.05, 3.63) is 62.3 Å². The van der Waals surface area contributed by atoms with Gasteiger partial charge in [-0.1, -0.05) is 0 Å². The van der Waals surface area contributed by atoms with Crippen LogP contribution in [0.4, 0.5) is 8.78 Å². The van der Waals surface area contributed by atoms with E-state index in [0.29, 0.717) is 10.0 Å². The SMILES string of the molecule is O=C(Cc1c(F)ccc(Br)c1F)c1cncc(Br)c1. The number of carbonyl (C=O) groups is 1. The summed E-state index contributed by atoms with van der Waals surface area (Å²) in [5.41, 5.74) is 0.0486. The van der Waals surface area contributed by atoms with E-state index < -0.39 is 17.4 Å². The maximum atomic E-state index is 13.8. The van der Waals surface area contributed by atoms with Gasteiger partial charge in [0.15, 0.2) is 5.78 Å². The van der Waals surface area contributed by atoms with E-state index in [-0.39, 0.29) is 16.5 Å². The zero-order valence-corrected chi connectivity index (χ0v) is 12.6. The van der Waals surface area contributed by atoms with Crippen LogP contribution in [0.5, 0.6) is 0 Å². The van der Waals surface area contributed by atoms with Crippen LogP contribution in [0.15, 0.2) is 39.5 Å². The molecule has 0 aliphatic carbocycles. The molecule has 1 heterocycles. The summed E-state index contributed by atoms with van der Waals surface area (Å²) in [5, 5.41) is 0. The Balaban J connectivity index is 2.32. The third kappa shape index (κ3) is 3.25. The van der Waals surface area contributed by atoms with Gasteiger partial charge in [-0.3, -0.25) is 9.78 Å². The van der Waals surface area contributed by atoms with Crippen molar-refractivity contribution in [2.45, 2.75) is 6.42 Å². The molecule has 0 atom stereocenters. The maximum absolute atomic E-state index is 13.8. The second kappa shape index (κ2) is 5.88. The normalized spacial score (nSPS) is 10.5. The van der Waals surface area contributed by atoms with E-state index in [1.807, 2.05) is 0 Å². The Morgan fingerprint density at radius 1 is 1.21 bits per heavy atom. The van der Waals surface area contributed by atoms with Crippen LogP contribution in [0.1, 0.15) is 15.9 Å². The molecule has 0 aliphatic rings. The van der Waals surface area contributed by atoms with Crippen molar-refractivity contribution in [3.8, 4) is 0 Å². The molecule has 0 saturated heterocycles. The van der Waals surface area contributed by atoms with E-state index >= 15 is 0 Å². The highest BCUT2D eigenvalue weighted by molar-refractivity contribution is 9.10. The van der Waals surface area contributed by atoms with Crippen LogP contribution in [-0.4, -0.2) is 10.8 Å². The summed E-state index contributed by atoms with van der Waals surface area (Å²) in [7, 11) is 0. The first kappa shape index (κ1) is 14.3. The molecular weight excluding hydrogens is 384 g/mol. The average molecular weight is 391 g/mol. The Bertz CT molecular complexity index is 647. The zero-order chi connectivity index (χ0) is 14.0. The Labute approximate surface area is 125 Å². The van der Waals surface area contributed by atoms with Gasteiger partial charge >= 0.3 is 0 Å². The van der Waals surface area contributed by atoms with Crippen molar-refractivity contribution in [2.24, 2.45) is 0 Å². The van der Waals surface area contributed by atoms with E-state index in [4.69, 9.17) is 0 Å². The number of pyridine rings is 1. The Morgan fingerprint density at radius 3 is 2.63 bits per heavy atom. The summed E-state index contributed by atoms with van der Waals surface area (Å²) < 4.78 is 28.1. The summed E-state index contributed by atoms with van der Waals surface area (Å²) in [5.74, 6) is -1.89. The van der Waals surface area contributed by atoms with Crippen LogP contribution in [0.25, 0.3) is 0 Å². The standard InChI is InChI=1S/C13H7Br2F2NO/c14-8-3-7(5-18-6-8)12(19)4-9-11(16)2-1-10(15)13(9)17/h1-3,5-6H,4H2. The van der Waals surface area contributed by atoms with E-state index in [0.717, 1.165) is 6.07 Å². The Kier molecular flexibility index (Phi) is 4.42. The number of aromatic nitrogens is 1. The number of hydrogen-bond donors (Lipinski definition) is 0. The molecule has 0 aliphatic heterocycles. The predicted octanol–water partition coefficient (Wildman–Crippen LogP) is 4.31. The summed E-state index contributed by atoms with van der Waals surface area (Å²) >= 11 is 6.15. The first-order valence-electron chi connectivity index (χ1n) is 5.25. The summed E-state index contributed by atoms with van der Waals surface area (Å²) in [4.78, 5) is 15.8. The van der Waals surface area contributed by atoms with Gasteiger partial charge < -0.3 is 0 Å². The smallest absolute Gasteiger partial charge is 0.169 e. The first-order valence-corrected chi connectivity index (χ1v) is 6.83.